The quantitative estimate of drug-likeness (QED) is 0.659. The summed E-state index contributed by atoms with van der Waals surface area (Å²) in [6.45, 7) is -0.346. The Morgan fingerprint density at radius 1 is 1.50 bits per heavy atom. The van der Waals surface area contributed by atoms with Gasteiger partial charge in [-0.2, -0.15) is 0 Å². The topological polar surface area (TPSA) is 109 Å². The van der Waals surface area contributed by atoms with Gasteiger partial charge in [0.25, 0.3) is 0 Å². The summed E-state index contributed by atoms with van der Waals surface area (Å²) in [5.74, 6) is 0. The Bertz CT molecular complexity index is 716. The van der Waals surface area contributed by atoms with Crippen LogP contribution in [0.5, 0.6) is 0 Å². The lowest BCUT2D eigenvalue weighted by Crippen LogP contribution is -2.28. The number of ether oxygens (including phenoxy) is 1. The Kier molecular flexibility index (Phi) is 3.22. The first-order valence-corrected chi connectivity index (χ1v) is 6.49. The van der Waals surface area contributed by atoms with Gasteiger partial charge in [0, 0.05) is 18.2 Å². The van der Waals surface area contributed by atoms with Crippen LogP contribution in [0.15, 0.2) is 12.7 Å². The molecule has 0 bridgehead atoms. The minimum Gasteiger partial charge on any atom is -0.394 e. The van der Waals surface area contributed by atoms with Crippen molar-refractivity contribution in [3.63, 3.8) is 0 Å². The van der Waals surface area contributed by atoms with Crippen molar-refractivity contribution in [1.29, 1.82) is 5.41 Å². The van der Waals surface area contributed by atoms with Gasteiger partial charge >= 0.3 is 0 Å². The van der Waals surface area contributed by atoms with Gasteiger partial charge in [0.2, 0.25) is 5.18 Å². The first-order chi connectivity index (χ1) is 9.46. The summed E-state index contributed by atoms with van der Waals surface area (Å²) in [5.41, 5.74) is 0.536. The second-order valence-corrected chi connectivity index (χ2v) is 5.45. The third kappa shape index (κ3) is 1.92. The number of rotatable bonds is 2. The van der Waals surface area contributed by atoms with E-state index < -0.39 is 17.4 Å². The van der Waals surface area contributed by atoms with Crippen molar-refractivity contribution in [1.82, 2.24) is 18.6 Å². The van der Waals surface area contributed by atoms with Gasteiger partial charge in [-0.05, 0) is 0 Å². The standard InChI is InChI=1S/C10H11Cl2N5O3/c11-10(1-5(19)6(2-18)20-10)16-3-14-7-8(13)17(12)4-15-9(7)16/h3-6,13,18-19H,1-2H2/t5-,6+,10-/m0/s1. The fourth-order valence-corrected chi connectivity index (χ4v) is 2.72. The van der Waals surface area contributed by atoms with Crippen LogP contribution in [0.4, 0.5) is 0 Å². The van der Waals surface area contributed by atoms with E-state index in [4.69, 9.17) is 38.6 Å². The Labute approximate surface area is 122 Å². The van der Waals surface area contributed by atoms with E-state index in [1.54, 1.807) is 0 Å². The zero-order valence-corrected chi connectivity index (χ0v) is 11.6. The zero-order valence-electron chi connectivity index (χ0n) is 10.1. The van der Waals surface area contributed by atoms with E-state index >= 15 is 0 Å². The predicted molar refractivity (Wildman–Crippen MR) is 69.0 cm³/mol. The van der Waals surface area contributed by atoms with Crippen LogP contribution in [-0.2, 0) is 9.92 Å². The van der Waals surface area contributed by atoms with E-state index in [0.29, 0.717) is 5.65 Å². The molecule has 108 valence electrons. The average molecular weight is 320 g/mol. The number of hydrogen-bond acceptors (Lipinski definition) is 6. The smallest absolute Gasteiger partial charge is 0.228 e. The van der Waals surface area contributed by atoms with E-state index in [0.717, 1.165) is 4.09 Å². The van der Waals surface area contributed by atoms with Crippen LogP contribution in [0.25, 0.3) is 11.2 Å². The highest BCUT2D eigenvalue weighted by Crippen LogP contribution is 2.39. The van der Waals surface area contributed by atoms with E-state index in [2.05, 4.69) is 9.97 Å². The lowest BCUT2D eigenvalue weighted by molar-refractivity contribution is -0.0658. The number of halogens is 2. The SMILES string of the molecule is N=c1c2ncn([C@@]3(Cl)C[C@H](O)[C@@H](CO)O3)c2ncn1Cl. The molecular formula is C10H11Cl2N5O3. The summed E-state index contributed by atoms with van der Waals surface area (Å²) >= 11 is 12.1. The number of aromatic nitrogens is 4. The molecule has 8 nitrogen and oxygen atoms in total. The molecule has 0 unspecified atom stereocenters. The molecule has 0 aliphatic carbocycles. The van der Waals surface area contributed by atoms with Crippen LogP contribution in [0.3, 0.4) is 0 Å². The lowest BCUT2D eigenvalue weighted by atomic mass is 10.2. The first kappa shape index (κ1) is 13.8. The fourth-order valence-electron chi connectivity index (χ4n) is 2.20. The molecule has 2 aromatic rings. The highest BCUT2D eigenvalue weighted by atomic mass is 35.5. The summed E-state index contributed by atoms with van der Waals surface area (Å²) in [6, 6.07) is 0. The third-order valence-electron chi connectivity index (χ3n) is 3.22. The number of aliphatic hydroxyl groups is 2. The van der Waals surface area contributed by atoms with Crippen LogP contribution in [0.2, 0.25) is 0 Å². The Balaban J connectivity index is 2.12. The molecule has 2 aromatic heterocycles. The monoisotopic (exact) mass is 319 g/mol. The number of hydrogen-bond donors (Lipinski definition) is 3. The van der Waals surface area contributed by atoms with E-state index in [9.17, 15) is 5.11 Å². The molecule has 3 atom stereocenters. The van der Waals surface area contributed by atoms with Crippen molar-refractivity contribution in [2.24, 2.45) is 0 Å². The molecule has 0 aromatic carbocycles. The van der Waals surface area contributed by atoms with Gasteiger partial charge in [-0.25, -0.2) is 14.1 Å². The Morgan fingerprint density at radius 3 is 2.90 bits per heavy atom. The maximum absolute atomic E-state index is 9.81. The molecule has 0 spiro atoms. The summed E-state index contributed by atoms with van der Waals surface area (Å²) < 4.78 is 7.90. The van der Waals surface area contributed by atoms with Crippen molar-refractivity contribution in [2.45, 2.75) is 23.8 Å². The summed E-state index contributed by atoms with van der Waals surface area (Å²) in [5, 5.41) is 25.3. The number of fused-ring (bicyclic) bond motifs is 1. The van der Waals surface area contributed by atoms with Gasteiger partial charge < -0.3 is 14.9 Å². The third-order valence-corrected chi connectivity index (χ3v) is 3.91. The number of alkyl halides is 1. The van der Waals surface area contributed by atoms with Gasteiger partial charge in [0.15, 0.2) is 16.7 Å². The minimum absolute atomic E-state index is 0.0343. The van der Waals surface area contributed by atoms with Crippen molar-refractivity contribution in [3.05, 3.63) is 18.1 Å². The van der Waals surface area contributed by atoms with Crippen molar-refractivity contribution in [2.75, 3.05) is 6.61 Å². The average Bonchev–Trinajstić information content (AvgIpc) is 2.96. The molecule has 20 heavy (non-hydrogen) atoms. The number of imidazole rings is 1. The second-order valence-electron chi connectivity index (χ2n) is 4.49. The largest absolute Gasteiger partial charge is 0.394 e. The van der Waals surface area contributed by atoms with Gasteiger partial charge in [-0.15, -0.1) is 0 Å². The Morgan fingerprint density at radius 2 is 2.25 bits per heavy atom. The van der Waals surface area contributed by atoms with Crippen LogP contribution < -0.4 is 5.49 Å². The highest BCUT2D eigenvalue weighted by molar-refractivity contribution is 6.21. The molecule has 1 fully saturated rings. The molecule has 0 amide bonds. The van der Waals surface area contributed by atoms with Crippen LogP contribution in [-0.4, -0.2) is 47.6 Å². The molecule has 1 saturated heterocycles. The molecule has 3 rings (SSSR count). The van der Waals surface area contributed by atoms with Crippen LogP contribution >= 0.6 is 23.4 Å². The normalized spacial score (nSPS) is 30.2. The van der Waals surface area contributed by atoms with Gasteiger partial charge in [-0.3, -0.25) is 9.98 Å². The van der Waals surface area contributed by atoms with Crippen molar-refractivity contribution >= 4 is 34.5 Å². The highest BCUT2D eigenvalue weighted by Gasteiger charge is 2.46. The molecule has 0 radical (unpaired) electrons. The van der Waals surface area contributed by atoms with E-state index in [-0.39, 0.29) is 24.0 Å². The lowest BCUT2D eigenvalue weighted by Gasteiger charge is -2.23. The molecular weight excluding hydrogens is 309 g/mol. The Hall–Kier alpha value is -1.19. The number of nitrogens with one attached hydrogen (secondary N) is 1. The molecule has 1 aliphatic heterocycles. The maximum atomic E-state index is 9.81. The van der Waals surface area contributed by atoms with Gasteiger partial charge in [-0.1, -0.05) is 11.6 Å². The van der Waals surface area contributed by atoms with Gasteiger partial charge in [0.1, 0.15) is 18.8 Å². The summed E-state index contributed by atoms with van der Waals surface area (Å²) in [6.07, 6.45) is 1.01. The molecule has 10 heteroatoms. The summed E-state index contributed by atoms with van der Waals surface area (Å²) in [7, 11) is 0. The second kappa shape index (κ2) is 4.68. The number of nitrogens with zero attached hydrogens (tertiary/aromatic N) is 4. The van der Waals surface area contributed by atoms with E-state index in [1.807, 2.05) is 0 Å². The number of aliphatic hydroxyl groups excluding tert-OH is 2. The minimum atomic E-state index is -1.40. The predicted octanol–water partition coefficient (Wildman–Crippen LogP) is -0.295. The van der Waals surface area contributed by atoms with Gasteiger partial charge in [0.05, 0.1) is 12.7 Å². The zero-order chi connectivity index (χ0) is 14.5. The van der Waals surface area contributed by atoms with Crippen molar-refractivity contribution in [3.8, 4) is 0 Å². The van der Waals surface area contributed by atoms with Crippen molar-refractivity contribution < 1.29 is 14.9 Å². The van der Waals surface area contributed by atoms with Crippen LogP contribution in [0.1, 0.15) is 6.42 Å². The molecule has 1 aliphatic rings. The van der Waals surface area contributed by atoms with Crippen LogP contribution in [0, 0.1) is 5.41 Å². The summed E-state index contributed by atoms with van der Waals surface area (Å²) in [4.78, 5) is 8.11. The first-order valence-electron chi connectivity index (χ1n) is 5.78. The fraction of sp³-hybridized carbons (Fsp3) is 0.500. The molecule has 0 saturated carbocycles. The maximum Gasteiger partial charge on any atom is 0.228 e. The molecule has 3 heterocycles. The molecule has 3 N–H and O–H groups in total. The van der Waals surface area contributed by atoms with E-state index in [1.165, 1.54) is 17.2 Å².